The van der Waals surface area contributed by atoms with E-state index in [0.717, 1.165) is 6.42 Å². The molecule has 2 unspecified atom stereocenters. The van der Waals surface area contributed by atoms with E-state index in [-0.39, 0.29) is 17.1 Å². The summed E-state index contributed by atoms with van der Waals surface area (Å²) in [6, 6.07) is 0. The van der Waals surface area contributed by atoms with Crippen LogP contribution in [0.5, 0.6) is 0 Å². The van der Waals surface area contributed by atoms with Crippen LogP contribution in [0.2, 0.25) is 0 Å². The van der Waals surface area contributed by atoms with Gasteiger partial charge in [-0.3, -0.25) is 0 Å². The molecule has 1 saturated carbocycles. The first-order valence-electron chi connectivity index (χ1n) is 3.44. The normalized spacial score (nSPS) is 40.9. The molecule has 60 valence electrons. The second-order valence-electron chi connectivity index (χ2n) is 3.24. The molecule has 10 heavy (non-hydrogen) atoms. The molecule has 1 aliphatic carbocycles. The van der Waals surface area contributed by atoms with Gasteiger partial charge in [-0.25, -0.2) is 13.6 Å². The van der Waals surface area contributed by atoms with Gasteiger partial charge in [-0.15, -0.1) is 0 Å². The smallest absolute Gasteiger partial charge is 0.212 e. The molecule has 1 aliphatic rings. The van der Waals surface area contributed by atoms with E-state index < -0.39 is 10.0 Å². The van der Waals surface area contributed by atoms with Crippen LogP contribution in [0.3, 0.4) is 0 Å². The van der Waals surface area contributed by atoms with E-state index >= 15 is 0 Å². The zero-order chi connectivity index (χ0) is 7.94. The molecule has 1 fully saturated rings. The van der Waals surface area contributed by atoms with Gasteiger partial charge < -0.3 is 0 Å². The SMILES string of the molecule is CC1CC(C)C1S(N)(=O)=O. The van der Waals surface area contributed by atoms with Crippen molar-refractivity contribution in [3.63, 3.8) is 0 Å². The molecule has 0 radical (unpaired) electrons. The Morgan fingerprint density at radius 1 is 1.30 bits per heavy atom. The Balaban J connectivity index is 2.74. The molecule has 0 aromatic carbocycles. The molecule has 0 aromatic rings. The maximum Gasteiger partial charge on any atom is 0.212 e. The molecule has 0 amide bonds. The van der Waals surface area contributed by atoms with E-state index in [1.165, 1.54) is 0 Å². The van der Waals surface area contributed by atoms with Crippen LogP contribution < -0.4 is 5.14 Å². The average molecular weight is 163 g/mol. The van der Waals surface area contributed by atoms with Gasteiger partial charge in [0.1, 0.15) is 0 Å². The largest absolute Gasteiger partial charge is 0.228 e. The summed E-state index contributed by atoms with van der Waals surface area (Å²) in [5, 5.41) is 4.71. The fraction of sp³-hybridized carbons (Fsp3) is 1.00. The van der Waals surface area contributed by atoms with Crippen LogP contribution in [0.15, 0.2) is 0 Å². The Bertz CT molecular complexity index is 214. The Morgan fingerprint density at radius 2 is 1.70 bits per heavy atom. The topological polar surface area (TPSA) is 60.2 Å². The first-order valence-corrected chi connectivity index (χ1v) is 5.05. The van der Waals surface area contributed by atoms with E-state index in [1.807, 2.05) is 13.8 Å². The molecule has 0 spiro atoms. The molecule has 0 bridgehead atoms. The number of hydrogen-bond acceptors (Lipinski definition) is 2. The molecule has 4 heteroatoms. The van der Waals surface area contributed by atoms with Crippen molar-refractivity contribution in [2.24, 2.45) is 17.0 Å². The Labute approximate surface area is 61.7 Å². The molecular weight excluding hydrogens is 150 g/mol. The minimum absolute atomic E-state index is 0.255. The van der Waals surface area contributed by atoms with Gasteiger partial charge in [0.15, 0.2) is 0 Å². The minimum atomic E-state index is -3.26. The number of rotatable bonds is 1. The van der Waals surface area contributed by atoms with Crippen molar-refractivity contribution in [3.05, 3.63) is 0 Å². The molecule has 1 rings (SSSR count). The summed E-state index contributed by atoms with van der Waals surface area (Å²) >= 11 is 0. The maximum absolute atomic E-state index is 10.8. The fourth-order valence-electron chi connectivity index (χ4n) is 1.87. The van der Waals surface area contributed by atoms with E-state index in [9.17, 15) is 8.42 Å². The van der Waals surface area contributed by atoms with Crippen molar-refractivity contribution >= 4 is 10.0 Å². The van der Waals surface area contributed by atoms with E-state index in [2.05, 4.69) is 0 Å². The molecular formula is C6H13NO2S. The lowest BCUT2D eigenvalue weighted by Crippen LogP contribution is -2.47. The third-order valence-corrected chi connectivity index (χ3v) is 3.93. The highest BCUT2D eigenvalue weighted by Gasteiger charge is 2.42. The van der Waals surface area contributed by atoms with Gasteiger partial charge in [0, 0.05) is 0 Å². The van der Waals surface area contributed by atoms with Crippen LogP contribution in [0.25, 0.3) is 0 Å². The van der Waals surface area contributed by atoms with Gasteiger partial charge in [-0.1, -0.05) is 13.8 Å². The minimum Gasteiger partial charge on any atom is -0.228 e. The molecule has 0 aliphatic heterocycles. The number of nitrogens with two attached hydrogens (primary N) is 1. The number of hydrogen-bond donors (Lipinski definition) is 1. The van der Waals surface area contributed by atoms with E-state index in [4.69, 9.17) is 5.14 Å². The first kappa shape index (κ1) is 8.01. The molecule has 3 nitrogen and oxygen atoms in total. The van der Waals surface area contributed by atoms with Gasteiger partial charge in [0.2, 0.25) is 10.0 Å². The lowest BCUT2D eigenvalue weighted by Gasteiger charge is -2.38. The predicted octanol–water partition coefficient (Wildman–Crippen LogP) is 0.319. The summed E-state index contributed by atoms with van der Waals surface area (Å²) < 4.78 is 21.6. The number of primary sulfonamides is 1. The van der Waals surface area contributed by atoms with Crippen LogP contribution in [0, 0.1) is 11.8 Å². The summed E-state index contributed by atoms with van der Waals surface area (Å²) in [5.74, 6) is 0.509. The molecule has 0 heterocycles. The van der Waals surface area contributed by atoms with E-state index in [1.54, 1.807) is 0 Å². The van der Waals surface area contributed by atoms with Crippen molar-refractivity contribution in [1.29, 1.82) is 0 Å². The summed E-state index contributed by atoms with van der Waals surface area (Å²) in [6.45, 7) is 3.85. The predicted molar refractivity (Wildman–Crippen MR) is 39.8 cm³/mol. The van der Waals surface area contributed by atoms with Crippen LogP contribution in [-0.2, 0) is 10.0 Å². The monoisotopic (exact) mass is 163 g/mol. The van der Waals surface area contributed by atoms with Gasteiger partial charge in [-0.2, -0.15) is 0 Å². The quantitative estimate of drug-likeness (QED) is 0.605. The van der Waals surface area contributed by atoms with Gasteiger partial charge in [0.25, 0.3) is 0 Å². The Kier molecular flexibility index (Phi) is 1.76. The van der Waals surface area contributed by atoms with Crippen molar-refractivity contribution in [2.45, 2.75) is 25.5 Å². The Hall–Kier alpha value is -0.0900. The van der Waals surface area contributed by atoms with Crippen LogP contribution in [0.4, 0.5) is 0 Å². The standard InChI is InChI=1S/C6H13NO2S/c1-4-3-5(2)6(4)10(7,8)9/h4-6H,3H2,1-2H3,(H2,7,8,9). The average Bonchev–Trinajstić information content (AvgIpc) is 1.58. The van der Waals surface area contributed by atoms with Crippen LogP contribution in [-0.4, -0.2) is 13.7 Å². The van der Waals surface area contributed by atoms with Crippen molar-refractivity contribution in [3.8, 4) is 0 Å². The van der Waals surface area contributed by atoms with Gasteiger partial charge in [-0.05, 0) is 18.3 Å². The Morgan fingerprint density at radius 3 is 1.80 bits per heavy atom. The summed E-state index contributed by atoms with van der Waals surface area (Å²) in [7, 11) is -3.26. The molecule has 0 saturated heterocycles. The lowest BCUT2D eigenvalue weighted by molar-refractivity contribution is 0.237. The molecule has 2 atom stereocenters. The number of sulfonamides is 1. The first-order chi connectivity index (χ1) is 4.43. The summed E-state index contributed by atoms with van der Waals surface area (Å²) in [4.78, 5) is 0. The molecule has 2 N–H and O–H groups in total. The van der Waals surface area contributed by atoms with Gasteiger partial charge >= 0.3 is 0 Å². The molecule has 0 aromatic heterocycles. The van der Waals surface area contributed by atoms with Crippen molar-refractivity contribution in [1.82, 2.24) is 0 Å². The summed E-state index contributed by atoms with van der Waals surface area (Å²) in [6.07, 6.45) is 0.987. The highest BCUT2D eigenvalue weighted by atomic mass is 32.2. The second-order valence-corrected chi connectivity index (χ2v) is 4.97. The second kappa shape index (κ2) is 2.20. The highest BCUT2D eigenvalue weighted by Crippen LogP contribution is 2.37. The van der Waals surface area contributed by atoms with Crippen LogP contribution in [0.1, 0.15) is 20.3 Å². The third kappa shape index (κ3) is 1.18. The summed E-state index contributed by atoms with van der Waals surface area (Å²) in [5.41, 5.74) is 0. The lowest BCUT2D eigenvalue weighted by atomic mass is 9.77. The maximum atomic E-state index is 10.8. The van der Waals surface area contributed by atoms with E-state index in [0.29, 0.717) is 0 Å². The zero-order valence-electron chi connectivity index (χ0n) is 6.24. The van der Waals surface area contributed by atoms with Gasteiger partial charge in [0.05, 0.1) is 5.25 Å². The van der Waals surface area contributed by atoms with Crippen LogP contribution >= 0.6 is 0 Å². The third-order valence-electron chi connectivity index (χ3n) is 2.24. The zero-order valence-corrected chi connectivity index (χ0v) is 7.06. The highest BCUT2D eigenvalue weighted by molar-refractivity contribution is 7.89. The van der Waals surface area contributed by atoms with Crippen molar-refractivity contribution in [2.75, 3.05) is 0 Å². The van der Waals surface area contributed by atoms with Crippen molar-refractivity contribution < 1.29 is 8.42 Å². The fourth-order valence-corrected chi connectivity index (χ4v) is 3.38.